The number of amides is 4. The van der Waals surface area contributed by atoms with Gasteiger partial charge in [-0.2, -0.15) is 0 Å². The molecule has 9 heteroatoms. The fourth-order valence-corrected chi connectivity index (χ4v) is 4.98. The van der Waals surface area contributed by atoms with Gasteiger partial charge < -0.3 is 10.6 Å². The molecular formula is C20H21ClN4O3S. The molecule has 1 spiro atoms. The molecule has 1 aliphatic heterocycles. The minimum absolute atomic E-state index is 0.0366. The minimum Gasteiger partial charge on any atom is -0.349 e. The zero-order chi connectivity index (χ0) is 20.6. The van der Waals surface area contributed by atoms with Crippen LogP contribution in [0.2, 0.25) is 5.02 Å². The lowest BCUT2D eigenvalue weighted by Gasteiger charge is -2.33. The third-order valence-electron chi connectivity index (χ3n) is 5.60. The van der Waals surface area contributed by atoms with Crippen LogP contribution in [0.25, 0.3) is 11.3 Å². The lowest BCUT2D eigenvalue weighted by Crippen LogP contribution is -2.50. The Bertz CT molecular complexity index is 965. The van der Waals surface area contributed by atoms with Crippen molar-refractivity contribution in [1.82, 2.24) is 20.9 Å². The molecule has 2 aliphatic rings. The zero-order valence-electron chi connectivity index (χ0n) is 15.9. The molecule has 2 heterocycles. The van der Waals surface area contributed by atoms with Gasteiger partial charge in [-0.3, -0.25) is 14.9 Å². The molecule has 2 fully saturated rings. The second-order valence-corrected chi connectivity index (χ2v) is 9.23. The van der Waals surface area contributed by atoms with E-state index in [4.69, 9.17) is 11.6 Å². The number of nitrogens with zero attached hydrogens (tertiary/aromatic N) is 1. The molecular weight excluding hydrogens is 412 g/mol. The number of thiazole rings is 1. The van der Waals surface area contributed by atoms with E-state index in [2.05, 4.69) is 20.9 Å². The Hall–Kier alpha value is -2.45. The summed E-state index contributed by atoms with van der Waals surface area (Å²) < 4.78 is 0. The minimum atomic E-state index is -0.840. The number of carbonyl (C=O) groups is 3. The maximum Gasteiger partial charge on any atom is 0.322 e. The first kappa shape index (κ1) is 19.8. The number of imide groups is 1. The molecule has 1 aliphatic carbocycles. The van der Waals surface area contributed by atoms with Crippen LogP contribution in [0.5, 0.6) is 0 Å². The zero-order valence-corrected chi connectivity index (χ0v) is 17.5. The fourth-order valence-electron chi connectivity index (χ4n) is 3.96. The van der Waals surface area contributed by atoms with Gasteiger partial charge in [-0.05, 0) is 44.7 Å². The average Bonchev–Trinajstić information content (AvgIpc) is 3.20. The van der Waals surface area contributed by atoms with E-state index in [1.807, 2.05) is 31.2 Å². The number of hydrogen-bond acceptors (Lipinski definition) is 5. The van der Waals surface area contributed by atoms with Crippen LogP contribution in [-0.4, -0.2) is 28.4 Å². The maximum atomic E-state index is 12.6. The molecule has 0 atom stereocenters. The van der Waals surface area contributed by atoms with Gasteiger partial charge in [-0.1, -0.05) is 23.7 Å². The van der Waals surface area contributed by atoms with Crippen molar-refractivity contribution in [1.29, 1.82) is 0 Å². The van der Waals surface area contributed by atoms with Gasteiger partial charge in [-0.25, -0.2) is 9.78 Å². The predicted octanol–water partition coefficient (Wildman–Crippen LogP) is 3.16. The summed E-state index contributed by atoms with van der Waals surface area (Å²) in [6.07, 6.45) is 2.07. The van der Waals surface area contributed by atoms with Crippen LogP contribution >= 0.6 is 22.9 Å². The molecule has 29 heavy (non-hydrogen) atoms. The highest BCUT2D eigenvalue weighted by Gasteiger charge is 2.48. The Morgan fingerprint density at radius 3 is 2.59 bits per heavy atom. The van der Waals surface area contributed by atoms with Crippen LogP contribution in [0.15, 0.2) is 24.3 Å². The number of urea groups is 1. The van der Waals surface area contributed by atoms with Crippen molar-refractivity contribution < 1.29 is 14.4 Å². The van der Waals surface area contributed by atoms with E-state index >= 15 is 0 Å². The van der Waals surface area contributed by atoms with Crippen LogP contribution in [-0.2, 0) is 16.1 Å². The van der Waals surface area contributed by atoms with E-state index in [9.17, 15) is 14.4 Å². The van der Waals surface area contributed by atoms with Crippen molar-refractivity contribution in [2.75, 3.05) is 0 Å². The lowest BCUT2D eigenvalue weighted by atomic mass is 9.76. The maximum absolute atomic E-state index is 12.6. The van der Waals surface area contributed by atoms with Gasteiger partial charge in [0.15, 0.2) is 0 Å². The van der Waals surface area contributed by atoms with Gasteiger partial charge in [0.2, 0.25) is 5.91 Å². The van der Waals surface area contributed by atoms with E-state index in [0.29, 0.717) is 37.3 Å². The van der Waals surface area contributed by atoms with Gasteiger partial charge in [-0.15, -0.1) is 11.3 Å². The molecule has 4 rings (SSSR count). The molecule has 1 aromatic heterocycles. The van der Waals surface area contributed by atoms with Gasteiger partial charge >= 0.3 is 6.03 Å². The number of benzene rings is 1. The van der Waals surface area contributed by atoms with E-state index in [0.717, 1.165) is 21.1 Å². The molecule has 1 saturated heterocycles. The molecule has 7 nitrogen and oxygen atoms in total. The van der Waals surface area contributed by atoms with Crippen molar-refractivity contribution in [2.45, 2.75) is 44.7 Å². The second-order valence-electron chi connectivity index (χ2n) is 7.50. The predicted molar refractivity (Wildman–Crippen MR) is 111 cm³/mol. The number of carbonyl (C=O) groups excluding carboxylic acids is 3. The summed E-state index contributed by atoms with van der Waals surface area (Å²) >= 11 is 7.51. The van der Waals surface area contributed by atoms with Gasteiger partial charge in [0.1, 0.15) is 10.5 Å². The molecule has 0 radical (unpaired) electrons. The summed E-state index contributed by atoms with van der Waals surface area (Å²) in [4.78, 5) is 41.8. The highest BCUT2D eigenvalue weighted by molar-refractivity contribution is 7.12. The van der Waals surface area contributed by atoms with Crippen LogP contribution in [0, 0.1) is 12.8 Å². The topological polar surface area (TPSA) is 100 Å². The Morgan fingerprint density at radius 1 is 1.28 bits per heavy atom. The van der Waals surface area contributed by atoms with E-state index in [1.165, 1.54) is 0 Å². The first-order valence-electron chi connectivity index (χ1n) is 9.50. The van der Waals surface area contributed by atoms with Crippen molar-refractivity contribution in [3.8, 4) is 11.3 Å². The van der Waals surface area contributed by atoms with E-state index < -0.39 is 11.6 Å². The first-order valence-corrected chi connectivity index (χ1v) is 10.7. The van der Waals surface area contributed by atoms with Gasteiger partial charge in [0, 0.05) is 21.4 Å². The van der Waals surface area contributed by atoms with Crippen LogP contribution in [0.3, 0.4) is 0 Å². The molecule has 0 bridgehead atoms. The summed E-state index contributed by atoms with van der Waals surface area (Å²) in [7, 11) is 0. The third kappa shape index (κ3) is 4.00. The fraction of sp³-hybridized carbons (Fsp3) is 0.400. The molecule has 0 unspecified atom stereocenters. The summed E-state index contributed by atoms with van der Waals surface area (Å²) in [5.41, 5.74) is 1.06. The van der Waals surface area contributed by atoms with Crippen LogP contribution in [0.1, 0.15) is 35.6 Å². The summed E-state index contributed by atoms with van der Waals surface area (Å²) in [5.74, 6) is -0.484. The van der Waals surface area contributed by atoms with Crippen LogP contribution in [0.4, 0.5) is 4.79 Å². The third-order valence-corrected chi connectivity index (χ3v) is 6.82. The number of aromatic nitrogens is 1. The summed E-state index contributed by atoms with van der Waals surface area (Å²) in [6, 6.07) is 7.08. The van der Waals surface area contributed by atoms with Crippen LogP contribution < -0.4 is 16.0 Å². The van der Waals surface area contributed by atoms with Crippen molar-refractivity contribution in [3.63, 3.8) is 0 Å². The smallest absolute Gasteiger partial charge is 0.322 e. The monoisotopic (exact) mass is 432 g/mol. The first-order chi connectivity index (χ1) is 13.9. The van der Waals surface area contributed by atoms with Crippen molar-refractivity contribution in [3.05, 3.63) is 39.2 Å². The van der Waals surface area contributed by atoms with Gasteiger partial charge in [0.05, 0.1) is 12.2 Å². The largest absolute Gasteiger partial charge is 0.349 e. The number of halogens is 1. The van der Waals surface area contributed by atoms with E-state index in [-0.39, 0.29) is 17.7 Å². The van der Waals surface area contributed by atoms with Gasteiger partial charge in [0.25, 0.3) is 5.91 Å². The van der Waals surface area contributed by atoms with Crippen molar-refractivity contribution in [2.24, 2.45) is 5.92 Å². The highest BCUT2D eigenvalue weighted by Crippen LogP contribution is 2.34. The molecule has 3 N–H and O–H groups in total. The van der Waals surface area contributed by atoms with Crippen molar-refractivity contribution >= 4 is 40.8 Å². The second kappa shape index (κ2) is 7.76. The number of rotatable bonds is 4. The Balaban J connectivity index is 1.34. The summed E-state index contributed by atoms with van der Waals surface area (Å²) in [6.45, 7) is 2.38. The number of nitrogens with one attached hydrogen (secondary N) is 3. The molecule has 4 amide bonds. The normalized spacial score (nSPS) is 23.7. The Labute approximate surface area is 177 Å². The molecule has 152 valence electrons. The molecule has 2 aromatic rings. The number of hydrogen-bond donors (Lipinski definition) is 3. The SMILES string of the molecule is Cc1sc(CNC(=O)C2CCC3(CC2)NC(=O)NC3=O)nc1-c1ccc(Cl)cc1. The highest BCUT2D eigenvalue weighted by atomic mass is 35.5. The molecule has 1 aromatic carbocycles. The molecule has 1 saturated carbocycles. The average molecular weight is 433 g/mol. The Morgan fingerprint density at radius 2 is 1.97 bits per heavy atom. The number of aryl methyl sites for hydroxylation is 1. The lowest BCUT2D eigenvalue weighted by molar-refractivity contribution is -0.130. The Kier molecular flexibility index (Phi) is 5.31. The summed E-state index contributed by atoms with van der Waals surface area (Å²) in [5, 5.41) is 9.50. The standard InChI is InChI=1S/C20H21ClN4O3S/c1-11-16(12-2-4-14(21)5-3-12)23-15(29-11)10-22-17(26)13-6-8-20(9-7-13)18(27)24-19(28)25-20/h2-5,13H,6-10H2,1H3,(H,22,26)(H2,24,25,27,28). The van der Waals surface area contributed by atoms with E-state index in [1.54, 1.807) is 11.3 Å². The quantitative estimate of drug-likeness (QED) is 0.646.